The Morgan fingerprint density at radius 2 is 1.64 bits per heavy atom. The van der Waals surface area contributed by atoms with E-state index in [-0.39, 0.29) is 62.9 Å². The summed E-state index contributed by atoms with van der Waals surface area (Å²) in [5.41, 5.74) is 2.48. The molecule has 2 fully saturated rings. The lowest BCUT2D eigenvalue weighted by Gasteiger charge is -2.34. The fourth-order valence-corrected chi connectivity index (χ4v) is 5.37. The standard InChI is InChI=1S/C30H36F2N4O2.CH4/c31-30(32)15-10-25(11-16-30)29(38)35-27(24-4-2-1-3-5-24)14-19-36-17-12-26(13-18-36)34-28(37)20-22-6-8-23(21-33)9-7-22;/h1-9,25-27H,10-20H2,(H,34,37)(H,35,38);1H4/t27-;/m0./s1. The Morgan fingerprint density at radius 1 is 1.00 bits per heavy atom. The largest absolute Gasteiger partial charge is 0.353 e. The summed E-state index contributed by atoms with van der Waals surface area (Å²) in [5, 5.41) is 15.2. The summed E-state index contributed by atoms with van der Waals surface area (Å²) >= 11 is 0. The van der Waals surface area contributed by atoms with Crippen molar-refractivity contribution in [1.29, 1.82) is 5.26 Å². The molecular formula is C31H40F2N4O2. The molecule has 1 heterocycles. The van der Waals surface area contributed by atoms with Crippen LogP contribution in [-0.4, -0.2) is 48.3 Å². The van der Waals surface area contributed by atoms with Gasteiger partial charge in [0.1, 0.15) is 0 Å². The summed E-state index contributed by atoms with van der Waals surface area (Å²) in [6, 6.07) is 18.9. The van der Waals surface area contributed by atoms with Crippen molar-refractivity contribution in [2.75, 3.05) is 19.6 Å². The third kappa shape index (κ3) is 9.14. The number of amides is 2. The molecule has 0 radical (unpaired) electrons. The van der Waals surface area contributed by atoms with Gasteiger partial charge in [0.25, 0.3) is 0 Å². The van der Waals surface area contributed by atoms with Crippen LogP contribution in [0.2, 0.25) is 0 Å². The second-order valence-electron chi connectivity index (χ2n) is 10.6. The molecule has 4 rings (SSSR count). The summed E-state index contributed by atoms with van der Waals surface area (Å²) < 4.78 is 27.1. The Morgan fingerprint density at radius 3 is 2.26 bits per heavy atom. The van der Waals surface area contributed by atoms with E-state index in [2.05, 4.69) is 21.6 Å². The number of halogens is 2. The lowest BCUT2D eigenvalue weighted by molar-refractivity contribution is -0.130. The molecule has 2 aromatic carbocycles. The molecular weight excluding hydrogens is 498 g/mol. The van der Waals surface area contributed by atoms with Crippen LogP contribution in [0.15, 0.2) is 54.6 Å². The van der Waals surface area contributed by atoms with Crippen molar-refractivity contribution in [2.45, 2.75) is 76.8 Å². The molecule has 0 spiro atoms. The summed E-state index contributed by atoms with van der Waals surface area (Å²) in [7, 11) is 0. The number of likely N-dealkylation sites (tertiary alicyclic amines) is 1. The Hall–Kier alpha value is -3.31. The van der Waals surface area contributed by atoms with Gasteiger partial charge in [0.05, 0.1) is 24.1 Å². The second-order valence-corrected chi connectivity index (χ2v) is 10.6. The predicted molar refractivity (Wildman–Crippen MR) is 148 cm³/mol. The monoisotopic (exact) mass is 538 g/mol. The van der Waals surface area contributed by atoms with Gasteiger partial charge in [-0.05, 0) is 55.4 Å². The van der Waals surface area contributed by atoms with Crippen molar-refractivity contribution >= 4 is 11.8 Å². The van der Waals surface area contributed by atoms with E-state index >= 15 is 0 Å². The van der Waals surface area contributed by atoms with Gasteiger partial charge in [-0.25, -0.2) is 8.78 Å². The first kappa shape index (κ1) is 30.2. The highest BCUT2D eigenvalue weighted by atomic mass is 19.3. The SMILES string of the molecule is C.N#Cc1ccc(CC(=O)NC2CCN(CC[C@H](NC(=O)C3CCC(F)(F)CC3)c3ccccc3)CC2)cc1. The van der Waals surface area contributed by atoms with Crippen molar-refractivity contribution in [3.63, 3.8) is 0 Å². The van der Waals surface area contributed by atoms with Crippen LogP contribution < -0.4 is 10.6 Å². The fourth-order valence-electron chi connectivity index (χ4n) is 5.37. The average molecular weight is 539 g/mol. The Balaban J connectivity index is 0.00000420. The van der Waals surface area contributed by atoms with E-state index in [1.54, 1.807) is 12.1 Å². The number of nitrogens with one attached hydrogen (secondary N) is 2. The van der Waals surface area contributed by atoms with Crippen molar-refractivity contribution < 1.29 is 18.4 Å². The molecule has 2 aromatic rings. The number of rotatable bonds is 9. The van der Waals surface area contributed by atoms with Gasteiger partial charge in [0.2, 0.25) is 17.7 Å². The summed E-state index contributed by atoms with van der Waals surface area (Å²) in [6.45, 7) is 2.51. The van der Waals surface area contributed by atoms with Crippen LogP contribution >= 0.6 is 0 Å². The van der Waals surface area contributed by atoms with Gasteiger partial charge in [0.15, 0.2) is 0 Å². The maximum Gasteiger partial charge on any atom is 0.248 e. The van der Waals surface area contributed by atoms with Crippen LogP contribution in [0, 0.1) is 17.2 Å². The topological polar surface area (TPSA) is 85.2 Å². The molecule has 2 amide bonds. The van der Waals surface area contributed by atoms with E-state index in [9.17, 15) is 18.4 Å². The highest BCUT2D eigenvalue weighted by molar-refractivity contribution is 5.79. The van der Waals surface area contributed by atoms with Gasteiger partial charge in [-0.2, -0.15) is 5.26 Å². The van der Waals surface area contributed by atoms with Gasteiger partial charge in [-0.15, -0.1) is 0 Å². The van der Waals surface area contributed by atoms with Crippen molar-refractivity contribution in [3.8, 4) is 6.07 Å². The minimum absolute atomic E-state index is 0. The average Bonchev–Trinajstić information content (AvgIpc) is 2.92. The van der Waals surface area contributed by atoms with Gasteiger partial charge in [-0.1, -0.05) is 49.9 Å². The van der Waals surface area contributed by atoms with Crippen LogP contribution in [0.4, 0.5) is 8.78 Å². The third-order valence-corrected chi connectivity index (χ3v) is 7.74. The molecule has 1 aliphatic carbocycles. The molecule has 8 heteroatoms. The zero-order chi connectivity index (χ0) is 27.0. The zero-order valence-corrected chi connectivity index (χ0v) is 21.7. The number of hydrogen-bond donors (Lipinski definition) is 2. The van der Waals surface area contributed by atoms with Crippen LogP contribution in [0.25, 0.3) is 0 Å². The molecule has 1 saturated carbocycles. The van der Waals surface area contributed by atoms with E-state index in [1.807, 2.05) is 42.5 Å². The lowest BCUT2D eigenvalue weighted by Crippen LogP contribution is -2.46. The van der Waals surface area contributed by atoms with Crippen LogP contribution in [0.5, 0.6) is 0 Å². The fraction of sp³-hybridized carbons (Fsp3) is 0.516. The van der Waals surface area contributed by atoms with Gasteiger partial charge in [-0.3, -0.25) is 9.59 Å². The molecule has 6 nitrogen and oxygen atoms in total. The van der Waals surface area contributed by atoms with Gasteiger partial charge >= 0.3 is 0 Å². The maximum atomic E-state index is 13.5. The van der Waals surface area contributed by atoms with E-state index in [0.717, 1.165) is 50.0 Å². The zero-order valence-electron chi connectivity index (χ0n) is 21.7. The first-order chi connectivity index (χ1) is 18.3. The Bertz CT molecular complexity index is 1100. The first-order valence-electron chi connectivity index (χ1n) is 13.6. The highest BCUT2D eigenvalue weighted by Crippen LogP contribution is 2.36. The number of benzene rings is 2. The normalized spacial score (nSPS) is 18.8. The maximum absolute atomic E-state index is 13.5. The van der Waals surface area contributed by atoms with Crippen molar-refractivity contribution in [2.24, 2.45) is 5.92 Å². The third-order valence-electron chi connectivity index (χ3n) is 7.74. The number of nitriles is 1. The molecule has 39 heavy (non-hydrogen) atoms. The van der Waals surface area contributed by atoms with Gasteiger partial charge in [0, 0.05) is 44.4 Å². The van der Waals surface area contributed by atoms with Crippen LogP contribution in [-0.2, 0) is 16.0 Å². The Kier molecular flexibility index (Phi) is 11.0. The molecule has 0 aromatic heterocycles. The Labute approximate surface area is 230 Å². The van der Waals surface area contributed by atoms with Crippen molar-refractivity contribution in [1.82, 2.24) is 15.5 Å². The number of hydrogen-bond acceptors (Lipinski definition) is 4. The van der Waals surface area contributed by atoms with E-state index in [0.29, 0.717) is 12.0 Å². The molecule has 2 aliphatic rings. The summed E-state index contributed by atoms with van der Waals surface area (Å²) in [5.74, 6) is -3.15. The number of nitrogens with zero attached hydrogens (tertiary/aromatic N) is 2. The molecule has 1 aliphatic heterocycles. The first-order valence-corrected chi connectivity index (χ1v) is 13.6. The minimum atomic E-state index is -2.65. The highest BCUT2D eigenvalue weighted by Gasteiger charge is 2.37. The quantitative estimate of drug-likeness (QED) is 0.448. The number of piperidine rings is 1. The predicted octanol–water partition coefficient (Wildman–Crippen LogP) is 5.39. The minimum Gasteiger partial charge on any atom is -0.353 e. The molecule has 0 bridgehead atoms. The van der Waals surface area contributed by atoms with Crippen LogP contribution in [0.3, 0.4) is 0 Å². The molecule has 210 valence electrons. The van der Waals surface area contributed by atoms with E-state index in [4.69, 9.17) is 5.26 Å². The van der Waals surface area contributed by atoms with E-state index in [1.165, 1.54) is 0 Å². The lowest BCUT2D eigenvalue weighted by atomic mass is 9.86. The van der Waals surface area contributed by atoms with Gasteiger partial charge < -0.3 is 15.5 Å². The van der Waals surface area contributed by atoms with E-state index < -0.39 is 5.92 Å². The molecule has 1 atom stereocenters. The van der Waals surface area contributed by atoms with Crippen LogP contribution in [0.1, 0.15) is 75.1 Å². The second kappa shape index (κ2) is 14.2. The number of alkyl halides is 2. The number of carbonyl (C=O) groups is 2. The molecule has 1 saturated heterocycles. The smallest absolute Gasteiger partial charge is 0.248 e. The number of carbonyl (C=O) groups excluding carboxylic acids is 2. The molecule has 2 N–H and O–H groups in total. The van der Waals surface area contributed by atoms with Crippen molar-refractivity contribution in [3.05, 3.63) is 71.3 Å². The summed E-state index contributed by atoms with van der Waals surface area (Å²) in [6.07, 6.45) is 2.75. The summed E-state index contributed by atoms with van der Waals surface area (Å²) in [4.78, 5) is 27.8. The molecule has 0 unspecified atom stereocenters.